The number of carbonyl (C=O) groups is 1. The smallest absolute Gasteiger partial charge is 0.406 e. The van der Waals surface area contributed by atoms with E-state index in [2.05, 4.69) is 25.6 Å². The minimum absolute atomic E-state index is 0.164. The number of amides is 1. The lowest BCUT2D eigenvalue weighted by Crippen LogP contribution is -2.30. The van der Waals surface area contributed by atoms with Gasteiger partial charge in [-0.15, -0.1) is 13.2 Å². The minimum Gasteiger partial charge on any atom is -0.406 e. The summed E-state index contributed by atoms with van der Waals surface area (Å²) in [4.78, 5) is 20.1. The standard InChI is InChI=1S/C21H19F3N4O3/c22-21(23,24)31-17-8-6-16(7-9-17)18-12-26-19(13-25-18)27-28-20(29)10-11-30-14-15-4-2-1-3-5-15/h1-9,12-13H,10-11,14H2,(H,26,27)(H,28,29). The van der Waals surface area contributed by atoms with E-state index < -0.39 is 6.36 Å². The Morgan fingerprint density at radius 1 is 0.968 bits per heavy atom. The molecular weight excluding hydrogens is 413 g/mol. The molecule has 0 aliphatic rings. The van der Waals surface area contributed by atoms with Crippen LogP contribution in [-0.4, -0.2) is 28.8 Å². The van der Waals surface area contributed by atoms with Crippen molar-refractivity contribution in [2.75, 3.05) is 12.0 Å². The van der Waals surface area contributed by atoms with Crippen LogP contribution >= 0.6 is 0 Å². The summed E-state index contributed by atoms with van der Waals surface area (Å²) < 4.78 is 45.9. The van der Waals surface area contributed by atoms with E-state index in [4.69, 9.17) is 4.74 Å². The highest BCUT2D eigenvalue weighted by atomic mass is 19.4. The Kier molecular flexibility index (Phi) is 7.39. The zero-order valence-corrected chi connectivity index (χ0v) is 16.2. The number of benzene rings is 2. The van der Waals surface area contributed by atoms with Crippen LogP contribution in [0.25, 0.3) is 11.3 Å². The van der Waals surface area contributed by atoms with Crippen LogP contribution in [-0.2, 0) is 16.1 Å². The maximum Gasteiger partial charge on any atom is 0.573 e. The molecule has 0 atom stereocenters. The summed E-state index contributed by atoms with van der Waals surface area (Å²) in [5.41, 5.74) is 7.17. The number of halogens is 3. The van der Waals surface area contributed by atoms with E-state index in [-0.39, 0.29) is 24.7 Å². The highest BCUT2D eigenvalue weighted by Gasteiger charge is 2.30. The molecule has 0 aliphatic carbocycles. The van der Waals surface area contributed by atoms with E-state index in [9.17, 15) is 18.0 Å². The van der Waals surface area contributed by atoms with E-state index in [1.165, 1.54) is 36.7 Å². The van der Waals surface area contributed by atoms with Crippen LogP contribution in [0.5, 0.6) is 5.75 Å². The Morgan fingerprint density at radius 3 is 2.35 bits per heavy atom. The Balaban J connectivity index is 1.41. The van der Waals surface area contributed by atoms with Gasteiger partial charge in [0, 0.05) is 5.56 Å². The topological polar surface area (TPSA) is 85.4 Å². The second-order valence-electron chi connectivity index (χ2n) is 6.32. The van der Waals surface area contributed by atoms with Crippen molar-refractivity contribution >= 4 is 11.7 Å². The maximum absolute atomic E-state index is 12.2. The molecule has 0 spiro atoms. The number of hydrazine groups is 1. The summed E-state index contributed by atoms with van der Waals surface area (Å²) in [6.45, 7) is 0.693. The van der Waals surface area contributed by atoms with E-state index >= 15 is 0 Å². The number of anilines is 1. The molecule has 1 aromatic heterocycles. The fourth-order valence-electron chi connectivity index (χ4n) is 2.49. The predicted molar refractivity (Wildman–Crippen MR) is 107 cm³/mol. The Hall–Kier alpha value is -3.66. The lowest BCUT2D eigenvalue weighted by molar-refractivity contribution is -0.274. The number of nitrogens with one attached hydrogen (secondary N) is 2. The molecule has 1 amide bonds. The molecule has 3 aromatic rings. The SMILES string of the molecule is O=C(CCOCc1ccccc1)NNc1cnc(-c2ccc(OC(F)(F)F)cc2)cn1. The molecule has 7 nitrogen and oxygen atoms in total. The third-order valence-electron chi connectivity index (χ3n) is 3.95. The molecule has 3 rings (SSSR count). The van der Waals surface area contributed by atoms with Crippen molar-refractivity contribution < 1.29 is 27.4 Å². The third-order valence-corrected chi connectivity index (χ3v) is 3.95. The third kappa shape index (κ3) is 7.59. The Morgan fingerprint density at radius 2 is 1.71 bits per heavy atom. The minimum atomic E-state index is -4.74. The molecule has 2 N–H and O–H groups in total. The summed E-state index contributed by atoms with van der Waals surface area (Å²) in [5, 5.41) is 0. The first-order valence-corrected chi connectivity index (χ1v) is 9.24. The molecule has 0 saturated carbocycles. The van der Waals surface area contributed by atoms with Crippen LogP contribution in [0.1, 0.15) is 12.0 Å². The van der Waals surface area contributed by atoms with Crippen molar-refractivity contribution in [3.05, 3.63) is 72.6 Å². The van der Waals surface area contributed by atoms with Crippen LogP contribution in [0.2, 0.25) is 0 Å². The Labute approximate surface area is 176 Å². The molecule has 0 fully saturated rings. The number of ether oxygens (including phenoxy) is 2. The monoisotopic (exact) mass is 432 g/mol. The van der Waals surface area contributed by atoms with Gasteiger partial charge < -0.3 is 9.47 Å². The molecular formula is C21H19F3N4O3. The lowest BCUT2D eigenvalue weighted by Gasteiger charge is -2.10. The van der Waals surface area contributed by atoms with Gasteiger partial charge in [-0.25, -0.2) is 4.98 Å². The fourth-order valence-corrected chi connectivity index (χ4v) is 2.49. The van der Waals surface area contributed by atoms with Crippen molar-refractivity contribution in [3.8, 4) is 17.0 Å². The predicted octanol–water partition coefficient (Wildman–Crippen LogP) is 4.09. The van der Waals surface area contributed by atoms with Crippen molar-refractivity contribution in [1.82, 2.24) is 15.4 Å². The molecule has 1 heterocycles. The van der Waals surface area contributed by atoms with Gasteiger partial charge in [0.25, 0.3) is 0 Å². The highest BCUT2D eigenvalue weighted by molar-refractivity contribution is 5.77. The van der Waals surface area contributed by atoms with Gasteiger partial charge in [-0.05, 0) is 29.8 Å². The molecule has 0 unspecified atom stereocenters. The number of rotatable bonds is 9. The van der Waals surface area contributed by atoms with E-state index in [1.54, 1.807) is 0 Å². The van der Waals surface area contributed by atoms with Gasteiger partial charge in [-0.2, -0.15) is 0 Å². The molecule has 0 aliphatic heterocycles. The van der Waals surface area contributed by atoms with E-state index in [1.807, 2.05) is 30.3 Å². The van der Waals surface area contributed by atoms with Gasteiger partial charge in [0.15, 0.2) is 5.82 Å². The normalized spacial score (nSPS) is 11.1. The maximum atomic E-state index is 12.2. The van der Waals surface area contributed by atoms with Gasteiger partial charge in [0.2, 0.25) is 5.91 Å². The van der Waals surface area contributed by atoms with Crippen LogP contribution in [0, 0.1) is 0 Å². The van der Waals surface area contributed by atoms with Crippen LogP contribution < -0.4 is 15.6 Å². The second-order valence-corrected chi connectivity index (χ2v) is 6.32. The van der Waals surface area contributed by atoms with Gasteiger partial charge in [-0.3, -0.25) is 20.6 Å². The van der Waals surface area contributed by atoms with Crippen molar-refractivity contribution in [3.63, 3.8) is 0 Å². The molecule has 0 bridgehead atoms. The van der Waals surface area contributed by atoms with Gasteiger partial charge in [0.1, 0.15) is 5.75 Å². The first kappa shape index (κ1) is 22.0. The molecule has 0 radical (unpaired) electrons. The summed E-state index contributed by atoms with van der Waals surface area (Å²) in [7, 11) is 0. The van der Waals surface area contributed by atoms with Crippen molar-refractivity contribution in [1.29, 1.82) is 0 Å². The average molecular weight is 432 g/mol. The zero-order chi connectivity index (χ0) is 22.1. The van der Waals surface area contributed by atoms with Crippen LogP contribution in [0.4, 0.5) is 19.0 Å². The van der Waals surface area contributed by atoms with Gasteiger partial charge >= 0.3 is 6.36 Å². The summed E-state index contributed by atoms with van der Waals surface area (Å²) >= 11 is 0. The molecule has 10 heteroatoms. The van der Waals surface area contributed by atoms with E-state index in [0.29, 0.717) is 23.7 Å². The highest BCUT2D eigenvalue weighted by Crippen LogP contribution is 2.25. The quantitative estimate of drug-likeness (QED) is 0.391. The largest absolute Gasteiger partial charge is 0.573 e. The Bertz CT molecular complexity index is 966. The van der Waals surface area contributed by atoms with Crippen molar-refractivity contribution in [2.24, 2.45) is 0 Å². The van der Waals surface area contributed by atoms with Crippen LogP contribution in [0.3, 0.4) is 0 Å². The molecule has 0 saturated heterocycles. The van der Waals surface area contributed by atoms with Gasteiger partial charge in [0.05, 0.1) is 37.7 Å². The lowest BCUT2D eigenvalue weighted by atomic mass is 10.1. The first-order valence-electron chi connectivity index (χ1n) is 9.24. The van der Waals surface area contributed by atoms with E-state index in [0.717, 1.165) is 5.56 Å². The summed E-state index contributed by atoms with van der Waals surface area (Å²) in [6, 6.07) is 14.9. The number of carbonyl (C=O) groups excluding carboxylic acids is 1. The zero-order valence-electron chi connectivity index (χ0n) is 16.2. The second kappa shape index (κ2) is 10.4. The first-order chi connectivity index (χ1) is 14.9. The summed E-state index contributed by atoms with van der Waals surface area (Å²) in [6.07, 6.45) is -1.76. The number of alkyl halides is 3. The van der Waals surface area contributed by atoms with Gasteiger partial charge in [-0.1, -0.05) is 30.3 Å². The van der Waals surface area contributed by atoms with Crippen LogP contribution in [0.15, 0.2) is 67.0 Å². The summed E-state index contributed by atoms with van der Waals surface area (Å²) in [5.74, 6) is -0.295. The fraction of sp³-hybridized carbons (Fsp3) is 0.190. The average Bonchev–Trinajstić information content (AvgIpc) is 2.76. The number of hydrogen-bond donors (Lipinski definition) is 2. The van der Waals surface area contributed by atoms with Crippen molar-refractivity contribution in [2.45, 2.75) is 19.4 Å². The number of hydrogen-bond acceptors (Lipinski definition) is 6. The molecule has 162 valence electrons. The number of aromatic nitrogens is 2. The molecule has 31 heavy (non-hydrogen) atoms. The molecule has 2 aromatic carbocycles. The number of nitrogens with zero attached hydrogens (tertiary/aromatic N) is 2.